The van der Waals surface area contributed by atoms with Gasteiger partial charge in [-0.15, -0.1) is 0 Å². The summed E-state index contributed by atoms with van der Waals surface area (Å²) in [6.07, 6.45) is 2.80. The maximum Gasteiger partial charge on any atom is 0.256 e. The van der Waals surface area contributed by atoms with Crippen LogP contribution in [0.4, 0.5) is 15.9 Å². The molecule has 7 nitrogen and oxygen atoms in total. The number of rotatable bonds is 7. The zero-order valence-electron chi connectivity index (χ0n) is 16.7. The number of nitrogens with one attached hydrogen (secondary N) is 3. The van der Waals surface area contributed by atoms with Gasteiger partial charge in [-0.3, -0.25) is 14.6 Å². The van der Waals surface area contributed by atoms with E-state index in [0.29, 0.717) is 27.7 Å². The molecule has 162 valence electrons. The number of aromatic amines is 1. The van der Waals surface area contributed by atoms with Gasteiger partial charge in [0.05, 0.1) is 11.3 Å². The van der Waals surface area contributed by atoms with E-state index in [4.69, 9.17) is 0 Å². The molecule has 0 fully saturated rings. The van der Waals surface area contributed by atoms with Gasteiger partial charge >= 0.3 is 0 Å². The maximum absolute atomic E-state index is 13.7. The summed E-state index contributed by atoms with van der Waals surface area (Å²) >= 11 is 0. The number of halogens is 1. The molecule has 9 heteroatoms. The number of aromatic nitrogens is 2. The lowest BCUT2D eigenvalue weighted by Gasteiger charge is -2.07. The number of sulfonamides is 1. The van der Waals surface area contributed by atoms with Crippen molar-refractivity contribution in [2.24, 2.45) is 0 Å². The molecule has 3 aromatic carbocycles. The molecule has 0 bridgehead atoms. The van der Waals surface area contributed by atoms with E-state index in [2.05, 4.69) is 20.2 Å². The van der Waals surface area contributed by atoms with Crippen molar-refractivity contribution in [3.63, 3.8) is 0 Å². The van der Waals surface area contributed by atoms with Gasteiger partial charge in [-0.2, -0.15) is 5.10 Å². The summed E-state index contributed by atoms with van der Waals surface area (Å²) in [5.74, 6) is -0.801. The first-order valence-electron chi connectivity index (χ1n) is 9.67. The summed E-state index contributed by atoms with van der Waals surface area (Å²) in [6.45, 7) is 0. The zero-order chi connectivity index (χ0) is 22.6. The van der Waals surface area contributed by atoms with Crippen LogP contribution in [-0.2, 0) is 10.0 Å². The number of carbonyl (C=O) groups is 1. The number of benzene rings is 3. The van der Waals surface area contributed by atoms with Crippen LogP contribution in [0.2, 0.25) is 0 Å². The Balaban J connectivity index is 1.49. The molecule has 1 heterocycles. The monoisotopic (exact) mass is 450 g/mol. The van der Waals surface area contributed by atoms with Crippen LogP contribution in [0.1, 0.15) is 15.9 Å². The van der Waals surface area contributed by atoms with E-state index in [1.807, 2.05) is 6.07 Å². The number of H-pyrrole nitrogens is 1. The number of hydrogen-bond acceptors (Lipinski definition) is 4. The Morgan fingerprint density at radius 1 is 1.03 bits per heavy atom. The van der Waals surface area contributed by atoms with Gasteiger partial charge in [-0.25, -0.2) is 12.8 Å². The standard InChI is InChI=1S/C23H19FN4O3S/c24-20-11-5-4-7-16(20)10-6-14-32(30,31)28-18-12-13-21-19(15-18)22(27-26-21)25-23(29)17-8-2-1-3-9-17/h1-13,15,28H,14H2,(H2,25,26,27,29). The van der Waals surface area contributed by atoms with Gasteiger partial charge in [0.2, 0.25) is 10.0 Å². The first-order valence-corrected chi connectivity index (χ1v) is 11.3. The highest BCUT2D eigenvalue weighted by atomic mass is 32.2. The quantitative estimate of drug-likeness (QED) is 0.388. The van der Waals surface area contributed by atoms with Gasteiger partial charge in [-0.05, 0) is 36.4 Å². The van der Waals surface area contributed by atoms with Crippen LogP contribution in [0.15, 0.2) is 78.9 Å². The maximum atomic E-state index is 13.7. The molecule has 1 aromatic heterocycles. The molecule has 0 aliphatic rings. The Kier molecular flexibility index (Phi) is 6.00. The number of hydrogen-bond donors (Lipinski definition) is 3. The van der Waals surface area contributed by atoms with Crippen molar-refractivity contribution in [2.45, 2.75) is 0 Å². The SMILES string of the molecule is O=C(Nc1n[nH]c2ccc(NS(=O)(=O)CC=Cc3ccccc3F)cc12)c1ccccc1. The van der Waals surface area contributed by atoms with E-state index < -0.39 is 15.8 Å². The van der Waals surface area contributed by atoms with Gasteiger partial charge in [0.15, 0.2) is 5.82 Å². The van der Waals surface area contributed by atoms with Crippen molar-refractivity contribution in [2.75, 3.05) is 15.8 Å². The Bertz CT molecular complexity index is 1400. The molecule has 0 aliphatic heterocycles. The van der Waals surface area contributed by atoms with Crippen molar-refractivity contribution in [1.82, 2.24) is 10.2 Å². The Hall–Kier alpha value is -3.98. The van der Waals surface area contributed by atoms with Crippen molar-refractivity contribution >= 4 is 44.4 Å². The molecule has 0 saturated heterocycles. The summed E-state index contributed by atoms with van der Waals surface area (Å²) in [6, 6.07) is 19.6. The second-order valence-corrected chi connectivity index (χ2v) is 8.73. The predicted molar refractivity (Wildman–Crippen MR) is 123 cm³/mol. The van der Waals surface area contributed by atoms with Gasteiger partial charge in [-0.1, -0.05) is 48.6 Å². The summed E-state index contributed by atoms with van der Waals surface area (Å²) in [4.78, 5) is 12.4. The number of amides is 1. The molecule has 0 aliphatic carbocycles. The molecule has 1 amide bonds. The van der Waals surface area contributed by atoms with Gasteiger partial charge in [0.25, 0.3) is 5.91 Å². The second-order valence-electron chi connectivity index (χ2n) is 6.96. The Labute approximate surface area is 184 Å². The lowest BCUT2D eigenvalue weighted by atomic mass is 10.2. The molecule has 0 atom stereocenters. The summed E-state index contributed by atoms with van der Waals surface area (Å²) in [7, 11) is -3.73. The van der Waals surface area contributed by atoms with E-state index in [0.717, 1.165) is 0 Å². The highest BCUT2D eigenvalue weighted by Crippen LogP contribution is 2.25. The fourth-order valence-electron chi connectivity index (χ4n) is 3.08. The number of nitrogens with zero attached hydrogens (tertiary/aromatic N) is 1. The summed E-state index contributed by atoms with van der Waals surface area (Å²) in [5.41, 5.74) is 1.73. The fourth-order valence-corrected chi connectivity index (χ4v) is 3.99. The van der Waals surface area contributed by atoms with Crippen LogP contribution < -0.4 is 10.0 Å². The first kappa shape index (κ1) is 21.3. The minimum absolute atomic E-state index is 0.286. The lowest BCUT2D eigenvalue weighted by Crippen LogP contribution is -2.15. The van der Waals surface area contributed by atoms with Crippen LogP contribution >= 0.6 is 0 Å². The Morgan fingerprint density at radius 2 is 1.78 bits per heavy atom. The average Bonchev–Trinajstić information content (AvgIpc) is 3.17. The largest absolute Gasteiger partial charge is 0.305 e. The van der Waals surface area contributed by atoms with E-state index >= 15 is 0 Å². The molecule has 0 unspecified atom stereocenters. The van der Waals surface area contributed by atoms with Crippen molar-refractivity contribution < 1.29 is 17.6 Å². The predicted octanol–water partition coefficient (Wildman–Crippen LogP) is 4.41. The Morgan fingerprint density at radius 3 is 2.56 bits per heavy atom. The third-order valence-electron chi connectivity index (χ3n) is 4.62. The minimum atomic E-state index is -3.73. The molecular weight excluding hydrogens is 431 g/mol. The molecule has 0 saturated carbocycles. The van der Waals surface area contributed by atoms with Crippen molar-refractivity contribution in [3.8, 4) is 0 Å². The van der Waals surface area contributed by atoms with Crippen LogP contribution in [-0.4, -0.2) is 30.3 Å². The first-order chi connectivity index (χ1) is 15.4. The molecule has 0 spiro atoms. The molecule has 4 aromatic rings. The third-order valence-corrected chi connectivity index (χ3v) is 5.80. The van der Waals surface area contributed by atoms with Crippen LogP contribution in [0.25, 0.3) is 17.0 Å². The average molecular weight is 450 g/mol. The molecular formula is C23H19FN4O3S. The summed E-state index contributed by atoms with van der Waals surface area (Å²) in [5, 5.41) is 10.2. The minimum Gasteiger partial charge on any atom is -0.305 e. The van der Waals surface area contributed by atoms with Gasteiger partial charge in [0, 0.05) is 22.2 Å². The van der Waals surface area contributed by atoms with E-state index in [1.165, 1.54) is 18.2 Å². The smallest absolute Gasteiger partial charge is 0.256 e. The number of carbonyl (C=O) groups excluding carboxylic acids is 1. The van der Waals surface area contributed by atoms with Crippen LogP contribution in [0.5, 0.6) is 0 Å². The van der Waals surface area contributed by atoms with Gasteiger partial charge < -0.3 is 5.32 Å². The number of anilines is 2. The normalized spacial score (nSPS) is 11.7. The van der Waals surface area contributed by atoms with Crippen molar-refractivity contribution in [1.29, 1.82) is 0 Å². The summed E-state index contributed by atoms with van der Waals surface area (Å²) < 4.78 is 41.0. The molecule has 32 heavy (non-hydrogen) atoms. The highest BCUT2D eigenvalue weighted by molar-refractivity contribution is 7.92. The third kappa shape index (κ3) is 5.01. The van der Waals surface area contributed by atoms with E-state index in [9.17, 15) is 17.6 Å². The van der Waals surface area contributed by atoms with Crippen LogP contribution in [0, 0.1) is 5.82 Å². The van der Waals surface area contributed by atoms with Crippen molar-refractivity contribution in [3.05, 3.63) is 95.8 Å². The van der Waals surface area contributed by atoms with Crippen LogP contribution in [0.3, 0.4) is 0 Å². The fraction of sp³-hybridized carbons (Fsp3) is 0.0435. The number of fused-ring (bicyclic) bond motifs is 1. The second kappa shape index (κ2) is 9.03. The van der Waals surface area contributed by atoms with E-state index in [-0.39, 0.29) is 17.5 Å². The van der Waals surface area contributed by atoms with Gasteiger partial charge in [0.1, 0.15) is 5.82 Å². The molecule has 0 radical (unpaired) electrons. The molecule has 4 rings (SSSR count). The molecule has 3 N–H and O–H groups in total. The van der Waals surface area contributed by atoms with E-state index in [1.54, 1.807) is 60.7 Å². The zero-order valence-corrected chi connectivity index (χ0v) is 17.6. The lowest BCUT2D eigenvalue weighted by molar-refractivity contribution is 0.102. The highest BCUT2D eigenvalue weighted by Gasteiger charge is 2.14. The topological polar surface area (TPSA) is 104 Å².